The second kappa shape index (κ2) is 7.94. The highest BCUT2D eigenvalue weighted by molar-refractivity contribution is 7.89. The average Bonchev–Trinajstić information content (AvgIpc) is 2.44. The fourth-order valence-corrected chi connectivity index (χ4v) is 2.66. The maximum atomic E-state index is 12.2. The highest BCUT2D eigenvalue weighted by atomic mass is 32.2. The summed E-state index contributed by atoms with van der Waals surface area (Å²) in [7, 11) is -3.78. The molecule has 0 aliphatic rings. The van der Waals surface area contributed by atoms with E-state index in [1.165, 1.54) is 12.4 Å². The minimum absolute atomic E-state index is 0.0310. The molecule has 0 aliphatic heterocycles. The van der Waals surface area contributed by atoms with Crippen molar-refractivity contribution in [3.8, 4) is 0 Å². The zero-order valence-electron chi connectivity index (χ0n) is 12.5. The molecule has 0 unspecified atom stereocenters. The number of pyridine rings is 1. The van der Waals surface area contributed by atoms with Gasteiger partial charge < -0.3 is 10.6 Å². The number of rotatable bonds is 8. The summed E-state index contributed by atoms with van der Waals surface area (Å²) in [4.78, 5) is 15.4. The second-order valence-corrected chi connectivity index (χ2v) is 6.66. The van der Waals surface area contributed by atoms with Crippen LogP contribution in [0.3, 0.4) is 0 Å². The summed E-state index contributed by atoms with van der Waals surface area (Å²) in [5.41, 5.74) is 0.461. The predicted octanol–water partition coefficient (Wildman–Crippen LogP) is 0.564. The number of aromatic nitrogens is 1. The van der Waals surface area contributed by atoms with Crippen LogP contribution in [0.5, 0.6) is 0 Å². The van der Waals surface area contributed by atoms with E-state index in [-0.39, 0.29) is 17.3 Å². The zero-order chi connectivity index (χ0) is 15.9. The Morgan fingerprint density at radius 2 is 2.10 bits per heavy atom. The van der Waals surface area contributed by atoms with Crippen LogP contribution in [0.15, 0.2) is 23.4 Å². The summed E-state index contributed by atoms with van der Waals surface area (Å²) in [5.74, 6) is -0.0506. The monoisotopic (exact) mass is 314 g/mol. The van der Waals surface area contributed by atoms with Gasteiger partial charge in [-0.05, 0) is 18.9 Å². The number of nitrogens with one attached hydrogen (secondary N) is 3. The number of sulfonamides is 1. The highest BCUT2D eigenvalue weighted by Gasteiger charge is 2.19. The van der Waals surface area contributed by atoms with E-state index >= 15 is 0 Å². The van der Waals surface area contributed by atoms with Crippen molar-refractivity contribution in [2.75, 3.05) is 25.0 Å². The molecule has 3 N–H and O–H groups in total. The van der Waals surface area contributed by atoms with Gasteiger partial charge in [-0.25, -0.2) is 13.1 Å². The molecule has 1 amide bonds. The zero-order valence-corrected chi connectivity index (χ0v) is 13.3. The Labute approximate surface area is 125 Å². The molecular formula is C13H22N4O3S. The van der Waals surface area contributed by atoms with E-state index in [1.54, 1.807) is 6.07 Å². The summed E-state index contributed by atoms with van der Waals surface area (Å²) >= 11 is 0. The summed E-state index contributed by atoms with van der Waals surface area (Å²) < 4.78 is 26.7. The Morgan fingerprint density at radius 3 is 2.71 bits per heavy atom. The van der Waals surface area contributed by atoms with Gasteiger partial charge in [0.1, 0.15) is 4.90 Å². The first-order valence-corrected chi connectivity index (χ1v) is 8.29. The van der Waals surface area contributed by atoms with Crippen molar-refractivity contribution in [2.45, 2.75) is 25.7 Å². The summed E-state index contributed by atoms with van der Waals surface area (Å²) in [6.45, 7) is 6.59. The van der Waals surface area contributed by atoms with Gasteiger partial charge in [0, 0.05) is 25.5 Å². The molecule has 0 aromatic carbocycles. The van der Waals surface area contributed by atoms with E-state index in [1.807, 2.05) is 20.8 Å². The van der Waals surface area contributed by atoms with Gasteiger partial charge in [0.15, 0.2) is 0 Å². The van der Waals surface area contributed by atoms with Crippen LogP contribution in [0.4, 0.5) is 5.69 Å². The number of carbonyl (C=O) groups excluding carboxylic acids is 1. The lowest BCUT2D eigenvalue weighted by molar-refractivity contribution is -0.120. The van der Waals surface area contributed by atoms with Crippen molar-refractivity contribution in [1.82, 2.24) is 15.0 Å². The van der Waals surface area contributed by atoms with Crippen LogP contribution in [-0.2, 0) is 14.8 Å². The van der Waals surface area contributed by atoms with E-state index in [2.05, 4.69) is 20.3 Å². The van der Waals surface area contributed by atoms with Crippen LogP contribution >= 0.6 is 0 Å². The molecule has 0 aliphatic carbocycles. The molecule has 0 radical (unpaired) electrons. The topological polar surface area (TPSA) is 100 Å². The number of hydrogen-bond donors (Lipinski definition) is 3. The SMILES string of the molecule is CCNc1ccncc1S(=O)(=O)NCC(=O)NCC(C)C. The van der Waals surface area contributed by atoms with Crippen LogP contribution in [-0.4, -0.2) is 38.9 Å². The molecule has 21 heavy (non-hydrogen) atoms. The minimum atomic E-state index is -3.78. The number of anilines is 1. The lowest BCUT2D eigenvalue weighted by atomic mass is 10.2. The lowest BCUT2D eigenvalue weighted by Crippen LogP contribution is -2.38. The molecule has 1 aromatic heterocycles. The predicted molar refractivity (Wildman–Crippen MR) is 81.4 cm³/mol. The molecule has 1 aromatic rings. The van der Waals surface area contributed by atoms with E-state index in [0.717, 1.165) is 0 Å². The Kier molecular flexibility index (Phi) is 6.57. The maximum absolute atomic E-state index is 12.2. The maximum Gasteiger partial charge on any atom is 0.244 e. The van der Waals surface area contributed by atoms with Gasteiger partial charge in [-0.15, -0.1) is 0 Å². The molecule has 0 bridgehead atoms. The Hall–Kier alpha value is -1.67. The molecule has 1 heterocycles. The van der Waals surface area contributed by atoms with Gasteiger partial charge in [-0.1, -0.05) is 13.8 Å². The summed E-state index contributed by atoms with van der Waals surface area (Å²) in [6, 6.07) is 1.58. The quantitative estimate of drug-likeness (QED) is 0.651. The van der Waals surface area contributed by atoms with Gasteiger partial charge in [0.25, 0.3) is 0 Å². The van der Waals surface area contributed by atoms with Gasteiger partial charge in [0.05, 0.1) is 12.2 Å². The van der Waals surface area contributed by atoms with E-state index in [4.69, 9.17) is 0 Å². The Bertz CT molecular complexity index is 573. The molecule has 1 rings (SSSR count). The number of carbonyl (C=O) groups is 1. The molecule has 0 saturated heterocycles. The van der Waals surface area contributed by atoms with Crippen molar-refractivity contribution < 1.29 is 13.2 Å². The van der Waals surface area contributed by atoms with Crippen molar-refractivity contribution in [3.05, 3.63) is 18.5 Å². The van der Waals surface area contributed by atoms with Gasteiger partial charge in [-0.2, -0.15) is 0 Å². The fraction of sp³-hybridized carbons (Fsp3) is 0.538. The van der Waals surface area contributed by atoms with Gasteiger partial charge in [-0.3, -0.25) is 9.78 Å². The smallest absolute Gasteiger partial charge is 0.244 e. The van der Waals surface area contributed by atoms with Crippen molar-refractivity contribution in [1.29, 1.82) is 0 Å². The molecule has 0 spiro atoms. The Balaban J connectivity index is 2.72. The van der Waals surface area contributed by atoms with Crippen LogP contribution in [0.25, 0.3) is 0 Å². The highest BCUT2D eigenvalue weighted by Crippen LogP contribution is 2.18. The molecule has 8 heteroatoms. The number of nitrogens with zero attached hydrogens (tertiary/aromatic N) is 1. The van der Waals surface area contributed by atoms with E-state index < -0.39 is 10.0 Å². The second-order valence-electron chi connectivity index (χ2n) is 4.92. The van der Waals surface area contributed by atoms with E-state index in [9.17, 15) is 13.2 Å². The van der Waals surface area contributed by atoms with Crippen molar-refractivity contribution in [2.24, 2.45) is 5.92 Å². The van der Waals surface area contributed by atoms with Crippen molar-refractivity contribution >= 4 is 21.6 Å². The first kappa shape index (κ1) is 17.4. The van der Waals surface area contributed by atoms with Crippen LogP contribution in [0.1, 0.15) is 20.8 Å². The average molecular weight is 314 g/mol. The largest absolute Gasteiger partial charge is 0.384 e. The van der Waals surface area contributed by atoms with Crippen LogP contribution < -0.4 is 15.4 Å². The van der Waals surface area contributed by atoms with Gasteiger partial charge >= 0.3 is 0 Å². The van der Waals surface area contributed by atoms with E-state index in [0.29, 0.717) is 24.7 Å². The number of amides is 1. The molecule has 0 atom stereocenters. The fourth-order valence-electron chi connectivity index (χ4n) is 1.55. The summed E-state index contributed by atoms with van der Waals surface area (Å²) in [6.07, 6.45) is 2.76. The number of hydrogen-bond acceptors (Lipinski definition) is 5. The van der Waals surface area contributed by atoms with Crippen LogP contribution in [0, 0.1) is 5.92 Å². The summed E-state index contributed by atoms with van der Waals surface area (Å²) in [5, 5.41) is 5.60. The minimum Gasteiger partial charge on any atom is -0.384 e. The third kappa shape index (κ3) is 5.68. The third-order valence-electron chi connectivity index (χ3n) is 2.57. The lowest BCUT2D eigenvalue weighted by Gasteiger charge is -2.12. The van der Waals surface area contributed by atoms with Crippen molar-refractivity contribution in [3.63, 3.8) is 0 Å². The molecule has 0 saturated carbocycles. The normalized spacial score (nSPS) is 11.4. The molecular weight excluding hydrogens is 292 g/mol. The van der Waals surface area contributed by atoms with Crippen LogP contribution in [0.2, 0.25) is 0 Å². The molecule has 0 fully saturated rings. The van der Waals surface area contributed by atoms with Gasteiger partial charge in [0.2, 0.25) is 15.9 Å². The standard InChI is InChI=1S/C13H22N4O3S/c1-4-15-11-5-6-14-8-12(11)21(19,20)17-9-13(18)16-7-10(2)3/h5-6,8,10,17H,4,7,9H2,1-3H3,(H,14,15)(H,16,18). The molecule has 7 nitrogen and oxygen atoms in total. The molecule has 118 valence electrons. The first-order valence-electron chi connectivity index (χ1n) is 6.81. The first-order chi connectivity index (χ1) is 9.86. The third-order valence-corrected chi connectivity index (χ3v) is 4.00. The Morgan fingerprint density at radius 1 is 1.38 bits per heavy atom.